The van der Waals surface area contributed by atoms with Crippen molar-refractivity contribution in [2.24, 2.45) is 4.99 Å². The maximum atomic E-state index is 13.2. The molecule has 1 atom stereocenters. The first-order valence-electron chi connectivity index (χ1n) is 10.3. The number of nitrogens with zero attached hydrogens (tertiary/aromatic N) is 2. The van der Waals surface area contributed by atoms with Crippen molar-refractivity contribution in [1.29, 1.82) is 0 Å². The van der Waals surface area contributed by atoms with Crippen LogP contribution in [0.25, 0.3) is 0 Å². The third-order valence-electron chi connectivity index (χ3n) is 5.26. The summed E-state index contributed by atoms with van der Waals surface area (Å²) in [4.78, 5) is 32.3. The summed E-state index contributed by atoms with van der Waals surface area (Å²) in [5, 5.41) is 3.25. The number of rotatable bonds is 6. The largest absolute Gasteiger partial charge is 0.326 e. The Kier molecular flexibility index (Phi) is 8.59. The zero-order valence-corrected chi connectivity index (χ0v) is 19.6. The summed E-state index contributed by atoms with van der Waals surface area (Å²) in [6.45, 7) is 4.23. The molecule has 1 aliphatic heterocycles. The van der Waals surface area contributed by atoms with Gasteiger partial charge in [0.2, 0.25) is 11.8 Å². The normalized spacial score (nSPS) is 22.4. The molecule has 2 amide bonds. The highest BCUT2D eigenvalue weighted by Gasteiger charge is 2.42. The highest BCUT2D eigenvalue weighted by molar-refractivity contribution is 14.1. The van der Waals surface area contributed by atoms with Crippen molar-refractivity contribution in [2.75, 3.05) is 11.9 Å². The minimum Gasteiger partial charge on any atom is -0.326 e. The van der Waals surface area contributed by atoms with Gasteiger partial charge in [0.05, 0.1) is 6.54 Å². The molecule has 7 heteroatoms. The molecule has 1 aromatic carbocycles. The third kappa shape index (κ3) is 6.31. The molecule has 1 unspecified atom stereocenters. The van der Waals surface area contributed by atoms with Crippen LogP contribution in [0.15, 0.2) is 41.9 Å². The Labute approximate surface area is 190 Å². The van der Waals surface area contributed by atoms with Crippen molar-refractivity contribution >= 4 is 57.0 Å². The van der Waals surface area contributed by atoms with E-state index in [0.29, 0.717) is 6.54 Å². The Hall–Kier alpha value is -1.35. The van der Waals surface area contributed by atoms with Gasteiger partial charge in [-0.3, -0.25) is 19.5 Å². The van der Waals surface area contributed by atoms with Gasteiger partial charge in [-0.25, -0.2) is 0 Å². The zero-order valence-electron chi connectivity index (χ0n) is 16.6. The number of halogens is 1. The SMILES string of the molecule is C=CCN=C1SC(CC(=O)Nc2ccc(I)cc2)C(=O)N1C1CCCCCCC1. The van der Waals surface area contributed by atoms with Gasteiger partial charge in [-0.2, -0.15) is 0 Å². The van der Waals surface area contributed by atoms with Gasteiger partial charge >= 0.3 is 0 Å². The number of anilines is 1. The summed E-state index contributed by atoms with van der Waals surface area (Å²) in [5.41, 5.74) is 0.753. The number of carbonyl (C=O) groups excluding carboxylic acids is 2. The number of nitrogens with one attached hydrogen (secondary N) is 1. The average molecular weight is 525 g/mol. The first-order chi connectivity index (χ1) is 14.1. The van der Waals surface area contributed by atoms with E-state index in [1.165, 1.54) is 31.0 Å². The van der Waals surface area contributed by atoms with Crippen molar-refractivity contribution in [3.05, 3.63) is 40.5 Å². The van der Waals surface area contributed by atoms with E-state index >= 15 is 0 Å². The Morgan fingerprint density at radius 2 is 1.86 bits per heavy atom. The van der Waals surface area contributed by atoms with Crippen LogP contribution in [-0.2, 0) is 9.59 Å². The van der Waals surface area contributed by atoms with E-state index in [2.05, 4.69) is 39.5 Å². The molecule has 1 saturated carbocycles. The summed E-state index contributed by atoms with van der Waals surface area (Å²) in [7, 11) is 0. The van der Waals surface area contributed by atoms with E-state index < -0.39 is 5.25 Å². The second kappa shape index (κ2) is 11.2. The summed E-state index contributed by atoms with van der Waals surface area (Å²) < 4.78 is 1.11. The smallest absolute Gasteiger partial charge is 0.242 e. The fourth-order valence-corrected chi connectivity index (χ4v) is 5.38. The van der Waals surface area contributed by atoms with Crippen molar-refractivity contribution in [3.8, 4) is 0 Å². The van der Waals surface area contributed by atoms with Crippen LogP contribution < -0.4 is 5.32 Å². The number of amidine groups is 1. The fourth-order valence-electron chi connectivity index (χ4n) is 3.81. The lowest BCUT2D eigenvalue weighted by Gasteiger charge is -2.29. The lowest BCUT2D eigenvalue weighted by atomic mass is 9.95. The topological polar surface area (TPSA) is 61.8 Å². The summed E-state index contributed by atoms with van der Waals surface area (Å²) >= 11 is 3.66. The lowest BCUT2D eigenvalue weighted by Crippen LogP contribution is -2.42. The Balaban J connectivity index is 1.69. The van der Waals surface area contributed by atoms with Gasteiger partial charge in [-0.15, -0.1) is 6.58 Å². The quantitative estimate of drug-likeness (QED) is 0.410. The molecule has 1 heterocycles. The average Bonchev–Trinajstić information content (AvgIpc) is 2.97. The van der Waals surface area contributed by atoms with Crippen LogP contribution in [0, 0.1) is 3.57 Å². The van der Waals surface area contributed by atoms with Gasteiger partial charge in [-0.05, 0) is 59.7 Å². The molecule has 1 N–H and O–H groups in total. The van der Waals surface area contributed by atoms with E-state index in [4.69, 9.17) is 0 Å². The molecular formula is C22H28IN3O2S. The number of hydrogen-bond donors (Lipinski definition) is 1. The highest BCUT2D eigenvalue weighted by atomic mass is 127. The first kappa shape index (κ1) is 22.3. The number of hydrogen-bond acceptors (Lipinski definition) is 4. The molecule has 1 saturated heterocycles. The Morgan fingerprint density at radius 1 is 1.21 bits per heavy atom. The van der Waals surface area contributed by atoms with E-state index in [1.54, 1.807) is 6.08 Å². The fraction of sp³-hybridized carbons (Fsp3) is 0.500. The Morgan fingerprint density at radius 3 is 2.52 bits per heavy atom. The molecule has 1 aromatic rings. The van der Waals surface area contributed by atoms with Crippen LogP contribution in [0.4, 0.5) is 5.69 Å². The molecule has 5 nitrogen and oxygen atoms in total. The maximum Gasteiger partial charge on any atom is 0.242 e. The zero-order chi connectivity index (χ0) is 20.6. The summed E-state index contributed by atoms with van der Waals surface area (Å²) in [6, 6.07) is 7.84. The van der Waals surface area contributed by atoms with Crippen LogP contribution in [0.5, 0.6) is 0 Å². The van der Waals surface area contributed by atoms with Gasteiger partial charge in [0, 0.05) is 21.7 Å². The monoisotopic (exact) mass is 525 g/mol. The second-order valence-electron chi connectivity index (χ2n) is 7.48. The predicted molar refractivity (Wildman–Crippen MR) is 129 cm³/mol. The second-order valence-corrected chi connectivity index (χ2v) is 9.90. The van der Waals surface area contributed by atoms with Crippen molar-refractivity contribution in [3.63, 3.8) is 0 Å². The molecule has 0 radical (unpaired) electrons. The number of benzene rings is 1. The van der Waals surface area contributed by atoms with Crippen molar-refractivity contribution in [1.82, 2.24) is 4.90 Å². The molecule has 2 aliphatic rings. The van der Waals surface area contributed by atoms with Crippen LogP contribution in [0.2, 0.25) is 0 Å². The molecule has 0 spiro atoms. The lowest BCUT2D eigenvalue weighted by molar-refractivity contribution is -0.129. The van der Waals surface area contributed by atoms with Gasteiger partial charge in [0.25, 0.3) is 0 Å². The minimum absolute atomic E-state index is 0.0288. The summed E-state index contributed by atoms with van der Waals surface area (Å²) in [5.74, 6) is -0.110. The van der Waals surface area contributed by atoms with E-state index in [0.717, 1.165) is 40.1 Å². The van der Waals surface area contributed by atoms with E-state index in [-0.39, 0.29) is 24.3 Å². The molecule has 2 fully saturated rings. The van der Waals surface area contributed by atoms with Crippen LogP contribution in [0.1, 0.15) is 51.4 Å². The van der Waals surface area contributed by atoms with Gasteiger partial charge in [0.15, 0.2) is 5.17 Å². The third-order valence-corrected chi connectivity index (χ3v) is 7.17. The minimum atomic E-state index is -0.409. The van der Waals surface area contributed by atoms with Crippen LogP contribution in [-0.4, -0.2) is 39.7 Å². The molecular weight excluding hydrogens is 497 g/mol. The predicted octanol–water partition coefficient (Wildman–Crippen LogP) is 5.22. The maximum absolute atomic E-state index is 13.2. The van der Waals surface area contributed by atoms with Gasteiger partial charge in [-0.1, -0.05) is 49.9 Å². The van der Waals surface area contributed by atoms with Crippen LogP contribution in [0.3, 0.4) is 0 Å². The summed E-state index contributed by atoms with van der Waals surface area (Å²) in [6.07, 6.45) is 9.96. The molecule has 0 bridgehead atoms. The van der Waals surface area contributed by atoms with Crippen molar-refractivity contribution in [2.45, 2.75) is 62.7 Å². The molecule has 156 valence electrons. The van der Waals surface area contributed by atoms with Gasteiger partial charge in [0.1, 0.15) is 5.25 Å². The highest BCUT2D eigenvalue weighted by Crippen LogP contribution is 2.35. The van der Waals surface area contributed by atoms with Crippen molar-refractivity contribution < 1.29 is 9.59 Å². The molecule has 3 rings (SSSR count). The number of amides is 2. The van der Waals surface area contributed by atoms with Gasteiger partial charge < -0.3 is 5.32 Å². The molecule has 1 aliphatic carbocycles. The Bertz CT molecular complexity index is 758. The molecule has 0 aromatic heterocycles. The number of carbonyl (C=O) groups is 2. The first-order valence-corrected chi connectivity index (χ1v) is 12.2. The van der Waals surface area contributed by atoms with E-state index in [9.17, 15) is 9.59 Å². The standard InChI is InChI=1S/C22H28IN3O2S/c1-2-14-24-22-26(18-8-6-4-3-5-7-9-18)21(28)19(29-22)15-20(27)25-17-12-10-16(23)11-13-17/h2,10-13,18-19H,1,3-9,14-15H2,(H,25,27). The van der Waals surface area contributed by atoms with E-state index in [1.807, 2.05) is 29.2 Å². The molecule has 29 heavy (non-hydrogen) atoms. The number of thioether (sulfide) groups is 1. The van der Waals surface area contributed by atoms with Crippen LogP contribution >= 0.6 is 34.4 Å². The number of aliphatic imine (C=N–C) groups is 1.